The zero-order chi connectivity index (χ0) is 11.3. The summed E-state index contributed by atoms with van der Waals surface area (Å²) in [5, 5.41) is 12.8. The molecular weight excluding hydrogens is 196 g/mol. The first-order valence-electron chi connectivity index (χ1n) is 5.42. The summed E-state index contributed by atoms with van der Waals surface area (Å²) in [7, 11) is 0. The highest BCUT2D eigenvalue weighted by Gasteiger charge is 2.37. The molecule has 1 fully saturated rings. The standard InChI is InChI=1S/C10H20N2O3/c1-3-4-11-9(13)10(2,14)12-5-7-15-8-6-12/h14H,3-8H2,1-2H3,(H,11,13). The van der Waals surface area contributed by atoms with Crippen LogP contribution in [0.4, 0.5) is 0 Å². The molecule has 5 heteroatoms. The fraction of sp³-hybridized carbons (Fsp3) is 0.900. The van der Waals surface area contributed by atoms with E-state index in [0.29, 0.717) is 32.8 Å². The van der Waals surface area contributed by atoms with Crippen molar-refractivity contribution in [2.24, 2.45) is 0 Å². The predicted octanol–water partition coefficient (Wildman–Crippen LogP) is -0.447. The summed E-state index contributed by atoms with van der Waals surface area (Å²) in [5.74, 6) is -0.328. The van der Waals surface area contributed by atoms with Crippen molar-refractivity contribution in [2.75, 3.05) is 32.8 Å². The Morgan fingerprint density at radius 1 is 1.53 bits per heavy atom. The number of ether oxygens (including phenoxy) is 1. The van der Waals surface area contributed by atoms with E-state index in [-0.39, 0.29) is 5.91 Å². The SMILES string of the molecule is CCCNC(=O)C(C)(O)N1CCOCC1. The highest BCUT2D eigenvalue weighted by Crippen LogP contribution is 2.13. The molecule has 1 amide bonds. The number of nitrogens with one attached hydrogen (secondary N) is 1. The number of nitrogens with zero attached hydrogens (tertiary/aromatic N) is 1. The van der Waals surface area contributed by atoms with E-state index >= 15 is 0 Å². The highest BCUT2D eigenvalue weighted by molar-refractivity contribution is 5.83. The van der Waals surface area contributed by atoms with Gasteiger partial charge in [-0.3, -0.25) is 9.69 Å². The summed E-state index contributed by atoms with van der Waals surface area (Å²) < 4.78 is 5.17. The van der Waals surface area contributed by atoms with Gasteiger partial charge < -0.3 is 15.2 Å². The van der Waals surface area contributed by atoms with Crippen LogP contribution in [0.2, 0.25) is 0 Å². The second-order valence-corrected chi connectivity index (χ2v) is 3.88. The van der Waals surface area contributed by atoms with Crippen molar-refractivity contribution < 1.29 is 14.6 Å². The van der Waals surface area contributed by atoms with Gasteiger partial charge in [-0.05, 0) is 13.3 Å². The van der Waals surface area contributed by atoms with Crippen LogP contribution in [0.5, 0.6) is 0 Å². The van der Waals surface area contributed by atoms with Crippen LogP contribution in [0.3, 0.4) is 0 Å². The molecule has 1 unspecified atom stereocenters. The maximum absolute atomic E-state index is 11.7. The van der Waals surface area contributed by atoms with Gasteiger partial charge in [0, 0.05) is 19.6 Å². The molecule has 5 nitrogen and oxygen atoms in total. The van der Waals surface area contributed by atoms with Crippen molar-refractivity contribution in [3.63, 3.8) is 0 Å². The Balaban J connectivity index is 2.51. The van der Waals surface area contributed by atoms with Gasteiger partial charge >= 0.3 is 0 Å². The number of carbonyl (C=O) groups excluding carboxylic acids is 1. The van der Waals surface area contributed by atoms with Crippen molar-refractivity contribution in [2.45, 2.75) is 26.0 Å². The minimum absolute atomic E-state index is 0.328. The van der Waals surface area contributed by atoms with E-state index in [0.717, 1.165) is 6.42 Å². The quantitative estimate of drug-likeness (QED) is 0.668. The first-order chi connectivity index (χ1) is 7.09. The van der Waals surface area contributed by atoms with Crippen molar-refractivity contribution >= 4 is 5.91 Å². The summed E-state index contributed by atoms with van der Waals surface area (Å²) in [5.41, 5.74) is -1.42. The second kappa shape index (κ2) is 5.44. The molecule has 1 heterocycles. The molecule has 0 aromatic heterocycles. The average Bonchev–Trinajstić information content (AvgIpc) is 2.27. The topological polar surface area (TPSA) is 61.8 Å². The van der Waals surface area contributed by atoms with E-state index < -0.39 is 5.72 Å². The monoisotopic (exact) mass is 216 g/mol. The molecule has 1 rings (SSSR count). The molecule has 0 spiro atoms. The first-order valence-corrected chi connectivity index (χ1v) is 5.42. The van der Waals surface area contributed by atoms with Crippen LogP contribution in [-0.4, -0.2) is 54.5 Å². The summed E-state index contributed by atoms with van der Waals surface area (Å²) in [6.07, 6.45) is 0.866. The van der Waals surface area contributed by atoms with Crippen molar-refractivity contribution in [3.05, 3.63) is 0 Å². The van der Waals surface area contributed by atoms with Gasteiger partial charge in [0.05, 0.1) is 13.2 Å². The van der Waals surface area contributed by atoms with Gasteiger partial charge in [0.2, 0.25) is 0 Å². The Hall–Kier alpha value is -0.650. The molecule has 0 aromatic carbocycles. The molecule has 88 valence electrons. The Labute approximate surface area is 90.4 Å². The smallest absolute Gasteiger partial charge is 0.267 e. The second-order valence-electron chi connectivity index (χ2n) is 3.88. The third kappa shape index (κ3) is 3.15. The van der Waals surface area contributed by atoms with Gasteiger partial charge in [-0.1, -0.05) is 6.92 Å². The fourth-order valence-corrected chi connectivity index (χ4v) is 1.55. The number of carbonyl (C=O) groups is 1. The molecule has 0 radical (unpaired) electrons. The number of morpholine rings is 1. The van der Waals surface area contributed by atoms with E-state index in [4.69, 9.17) is 4.74 Å². The van der Waals surface area contributed by atoms with Crippen LogP contribution < -0.4 is 5.32 Å². The molecule has 0 bridgehead atoms. The van der Waals surface area contributed by atoms with E-state index in [1.165, 1.54) is 6.92 Å². The summed E-state index contributed by atoms with van der Waals surface area (Å²) in [6, 6.07) is 0. The van der Waals surface area contributed by atoms with Gasteiger partial charge in [-0.2, -0.15) is 0 Å². The normalized spacial score (nSPS) is 22.1. The van der Waals surface area contributed by atoms with Crippen molar-refractivity contribution in [3.8, 4) is 0 Å². The molecule has 0 saturated carbocycles. The Kier molecular flexibility index (Phi) is 4.50. The lowest BCUT2D eigenvalue weighted by atomic mass is 10.2. The van der Waals surface area contributed by atoms with E-state index in [1.807, 2.05) is 6.92 Å². The predicted molar refractivity (Wildman–Crippen MR) is 56.3 cm³/mol. The summed E-state index contributed by atoms with van der Waals surface area (Å²) in [6.45, 7) is 6.42. The number of hydrogen-bond acceptors (Lipinski definition) is 4. The number of amides is 1. The fourth-order valence-electron chi connectivity index (χ4n) is 1.55. The molecule has 1 atom stereocenters. The molecule has 15 heavy (non-hydrogen) atoms. The lowest BCUT2D eigenvalue weighted by molar-refractivity contribution is -0.168. The van der Waals surface area contributed by atoms with Gasteiger partial charge in [0.1, 0.15) is 0 Å². The summed E-state index contributed by atoms with van der Waals surface area (Å²) >= 11 is 0. The van der Waals surface area contributed by atoms with Crippen LogP contribution in [0.25, 0.3) is 0 Å². The summed E-state index contributed by atoms with van der Waals surface area (Å²) in [4.78, 5) is 13.4. The largest absolute Gasteiger partial charge is 0.379 e. The lowest BCUT2D eigenvalue weighted by Crippen LogP contribution is -2.59. The average molecular weight is 216 g/mol. The minimum Gasteiger partial charge on any atom is -0.379 e. The first kappa shape index (κ1) is 12.4. The third-order valence-electron chi connectivity index (χ3n) is 2.59. The van der Waals surface area contributed by atoms with Gasteiger partial charge in [-0.15, -0.1) is 0 Å². The molecule has 0 aromatic rings. The molecule has 1 saturated heterocycles. The van der Waals surface area contributed by atoms with Crippen LogP contribution in [0, 0.1) is 0 Å². The minimum atomic E-state index is -1.42. The van der Waals surface area contributed by atoms with Gasteiger partial charge in [-0.25, -0.2) is 0 Å². The molecule has 1 aliphatic rings. The maximum Gasteiger partial charge on any atom is 0.267 e. The Morgan fingerprint density at radius 3 is 2.67 bits per heavy atom. The third-order valence-corrected chi connectivity index (χ3v) is 2.59. The Morgan fingerprint density at radius 2 is 2.13 bits per heavy atom. The zero-order valence-electron chi connectivity index (χ0n) is 9.45. The van der Waals surface area contributed by atoms with E-state index in [1.54, 1.807) is 4.90 Å². The van der Waals surface area contributed by atoms with Crippen molar-refractivity contribution in [1.82, 2.24) is 10.2 Å². The Bertz CT molecular complexity index is 213. The molecule has 2 N–H and O–H groups in total. The van der Waals surface area contributed by atoms with Crippen LogP contribution in [-0.2, 0) is 9.53 Å². The van der Waals surface area contributed by atoms with Crippen molar-refractivity contribution in [1.29, 1.82) is 0 Å². The number of hydrogen-bond donors (Lipinski definition) is 2. The highest BCUT2D eigenvalue weighted by atomic mass is 16.5. The lowest BCUT2D eigenvalue weighted by Gasteiger charge is -2.37. The van der Waals surface area contributed by atoms with Crippen LogP contribution in [0.1, 0.15) is 20.3 Å². The van der Waals surface area contributed by atoms with Crippen LogP contribution in [0.15, 0.2) is 0 Å². The van der Waals surface area contributed by atoms with Gasteiger partial charge in [0.25, 0.3) is 5.91 Å². The van der Waals surface area contributed by atoms with E-state index in [9.17, 15) is 9.90 Å². The van der Waals surface area contributed by atoms with Gasteiger partial charge in [0.15, 0.2) is 5.72 Å². The number of rotatable bonds is 4. The molecule has 1 aliphatic heterocycles. The number of aliphatic hydroxyl groups is 1. The maximum atomic E-state index is 11.7. The molecular formula is C10H20N2O3. The van der Waals surface area contributed by atoms with E-state index in [2.05, 4.69) is 5.32 Å². The molecule has 0 aliphatic carbocycles. The zero-order valence-corrected chi connectivity index (χ0v) is 9.45. The van der Waals surface area contributed by atoms with Crippen LogP contribution >= 0.6 is 0 Å².